The lowest BCUT2D eigenvalue weighted by Crippen LogP contribution is -2.35. The Bertz CT molecular complexity index is 406. The van der Waals surface area contributed by atoms with Crippen LogP contribution in [0.4, 0.5) is 0 Å². The van der Waals surface area contributed by atoms with Crippen molar-refractivity contribution in [2.75, 3.05) is 40.0 Å². The van der Waals surface area contributed by atoms with Crippen molar-refractivity contribution in [2.45, 2.75) is 12.6 Å². The highest BCUT2D eigenvalue weighted by molar-refractivity contribution is 5.38. The normalized spacial score (nSPS) is 18.3. The molecule has 1 atom stereocenters. The number of morpholine rings is 1. The van der Waals surface area contributed by atoms with Crippen LogP contribution in [0.25, 0.3) is 0 Å². The molecular weight excluding hydrogens is 244 g/mol. The van der Waals surface area contributed by atoms with Gasteiger partial charge in [-0.15, -0.1) is 0 Å². The van der Waals surface area contributed by atoms with Gasteiger partial charge in [-0.05, 0) is 17.7 Å². The first-order chi connectivity index (χ1) is 9.24. The average molecular weight is 266 g/mol. The Labute approximate surface area is 113 Å². The van der Waals surface area contributed by atoms with Gasteiger partial charge in [0.05, 0.1) is 26.4 Å². The molecule has 1 aromatic rings. The van der Waals surface area contributed by atoms with E-state index in [0.29, 0.717) is 0 Å². The molecular formula is C14H22N2O3. The third-order valence-electron chi connectivity index (χ3n) is 3.41. The highest BCUT2D eigenvalue weighted by Gasteiger charge is 2.15. The molecule has 5 heteroatoms. The molecule has 0 radical (unpaired) electrons. The fourth-order valence-electron chi connectivity index (χ4n) is 2.27. The zero-order valence-corrected chi connectivity index (χ0v) is 11.3. The van der Waals surface area contributed by atoms with Gasteiger partial charge in [0.15, 0.2) is 0 Å². The van der Waals surface area contributed by atoms with Crippen molar-refractivity contribution in [1.82, 2.24) is 4.90 Å². The van der Waals surface area contributed by atoms with E-state index in [9.17, 15) is 5.11 Å². The Balaban J connectivity index is 2.15. The van der Waals surface area contributed by atoms with E-state index in [1.54, 1.807) is 7.11 Å². The first-order valence-corrected chi connectivity index (χ1v) is 6.59. The summed E-state index contributed by atoms with van der Waals surface area (Å²) < 4.78 is 10.7. The van der Waals surface area contributed by atoms with Crippen molar-refractivity contribution in [3.8, 4) is 5.75 Å². The number of hydrogen-bond acceptors (Lipinski definition) is 5. The summed E-state index contributed by atoms with van der Waals surface area (Å²) in [6.07, 6.45) is -0.616. The molecule has 2 rings (SSSR count). The van der Waals surface area contributed by atoms with Gasteiger partial charge in [0.2, 0.25) is 0 Å². The van der Waals surface area contributed by atoms with Gasteiger partial charge in [0.25, 0.3) is 0 Å². The van der Waals surface area contributed by atoms with Crippen LogP contribution in [-0.4, -0.2) is 50.0 Å². The number of rotatable bonds is 5. The van der Waals surface area contributed by atoms with Crippen molar-refractivity contribution < 1.29 is 14.6 Å². The standard InChI is InChI=1S/C14H22N2O3/c1-18-14-3-2-11(13(17)9-15)8-12(14)10-16-4-6-19-7-5-16/h2-3,8,13,17H,4-7,9-10,15H2,1H3. The molecule has 1 aliphatic rings. The number of ether oxygens (including phenoxy) is 2. The summed E-state index contributed by atoms with van der Waals surface area (Å²) in [5.41, 5.74) is 7.42. The lowest BCUT2D eigenvalue weighted by molar-refractivity contribution is 0.0338. The second-order valence-electron chi connectivity index (χ2n) is 4.71. The minimum atomic E-state index is -0.616. The molecule has 1 heterocycles. The third kappa shape index (κ3) is 3.67. The summed E-state index contributed by atoms with van der Waals surface area (Å²) in [6, 6.07) is 5.73. The molecule has 19 heavy (non-hydrogen) atoms. The maximum Gasteiger partial charge on any atom is 0.123 e. The van der Waals surface area contributed by atoms with E-state index >= 15 is 0 Å². The molecule has 0 amide bonds. The van der Waals surface area contributed by atoms with Crippen molar-refractivity contribution in [2.24, 2.45) is 5.73 Å². The summed E-state index contributed by atoms with van der Waals surface area (Å²) >= 11 is 0. The molecule has 106 valence electrons. The number of nitrogens with two attached hydrogens (primary N) is 1. The van der Waals surface area contributed by atoms with Crippen LogP contribution in [0, 0.1) is 0 Å². The quantitative estimate of drug-likeness (QED) is 0.813. The van der Waals surface area contributed by atoms with Gasteiger partial charge in [-0.25, -0.2) is 0 Å². The van der Waals surface area contributed by atoms with Gasteiger partial charge in [-0.2, -0.15) is 0 Å². The molecule has 1 fully saturated rings. The lowest BCUT2D eigenvalue weighted by atomic mass is 10.0. The Hall–Kier alpha value is -1.14. The molecule has 0 saturated carbocycles. The maximum absolute atomic E-state index is 9.82. The molecule has 0 aliphatic carbocycles. The van der Waals surface area contributed by atoms with Crippen LogP contribution in [0.15, 0.2) is 18.2 Å². The lowest BCUT2D eigenvalue weighted by Gasteiger charge is -2.27. The van der Waals surface area contributed by atoms with Crippen LogP contribution in [0.3, 0.4) is 0 Å². The summed E-state index contributed by atoms with van der Waals surface area (Å²) in [5.74, 6) is 0.847. The summed E-state index contributed by atoms with van der Waals surface area (Å²) in [5, 5.41) is 9.82. The molecule has 5 nitrogen and oxygen atoms in total. The smallest absolute Gasteiger partial charge is 0.123 e. The highest BCUT2D eigenvalue weighted by Crippen LogP contribution is 2.24. The van der Waals surface area contributed by atoms with E-state index in [1.165, 1.54) is 0 Å². The minimum absolute atomic E-state index is 0.226. The van der Waals surface area contributed by atoms with Crippen molar-refractivity contribution in [3.05, 3.63) is 29.3 Å². The van der Waals surface area contributed by atoms with Gasteiger partial charge in [-0.3, -0.25) is 4.90 Å². The number of hydrogen-bond donors (Lipinski definition) is 2. The fraction of sp³-hybridized carbons (Fsp3) is 0.571. The van der Waals surface area contributed by atoms with Crippen LogP contribution in [0.2, 0.25) is 0 Å². The van der Waals surface area contributed by atoms with Crippen molar-refractivity contribution in [1.29, 1.82) is 0 Å². The van der Waals surface area contributed by atoms with E-state index in [1.807, 2.05) is 18.2 Å². The fourth-order valence-corrected chi connectivity index (χ4v) is 2.27. The average Bonchev–Trinajstić information content (AvgIpc) is 2.47. The van der Waals surface area contributed by atoms with Crippen LogP contribution < -0.4 is 10.5 Å². The first kappa shape index (κ1) is 14.3. The van der Waals surface area contributed by atoms with E-state index in [2.05, 4.69) is 4.90 Å². The summed E-state index contributed by atoms with van der Waals surface area (Å²) in [6.45, 7) is 4.42. The predicted octanol–water partition coefficient (Wildman–Crippen LogP) is 0.520. The Morgan fingerprint density at radius 1 is 1.42 bits per heavy atom. The molecule has 0 bridgehead atoms. The number of nitrogens with zero attached hydrogens (tertiary/aromatic N) is 1. The molecule has 1 aliphatic heterocycles. The number of aliphatic hydroxyl groups is 1. The third-order valence-corrected chi connectivity index (χ3v) is 3.41. The zero-order chi connectivity index (χ0) is 13.7. The largest absolute Gasteiger partial charge is 0.496 e. The second-order valence-corrected chi connectivity index (χ2v) is 4.71. The summed E-state index contributed by atoms with van der Waals surface area (Å²) in [7, 11) is 1.66. The van der Waals surface area contributed by atoms with Crippen molar-refractivity contribution >= 4 is 0 Å². The van der Waals surface area contributed by atoms with Crippen LogP contribution in [-0.2, 0) is 11.3 Å². The molecule has 1 aromatic carbocycles. The van der Waals surface area contributed by atoms with E-state index in [4.69, 9.17) is 15.2 Å². The van der Waals surface area contributed by atoms with Gasteiger partial charge in [-0.1, -0.05) is 6.07 Å². The van der Waals surface area contributed by atoms with E-state index < -0.39 is 6.10 Å². The van der Waals surface area contributed by atoms with E-state index in [-0.39, 0.29) is 6.54 Å². The van der Waals surface area contributed by atoms with Gasteiger partial charge in [0.1, 0.15) is 5.75 Å². The van der Waals surface area contributed by atoms with Gasteiger partial charge >= 0.3 is 0 Å². The predicted molar refractivity (Wildman–Crippen MR) is 73.1 cm³/mol. The topological polar surface area (TPSA) is 68.0 Å². The monoisotopic (exact) mass is 266 g/mol. The molecule has 3 N–H and O–H groups in total. The highest BCUT2D eigenvalue weighted by atomic mass is 16.5. The Morgan fingerprint density at radius 3 is 2.79 bits per heavy atom. The van der Waals surface area contributed by atoms with E-state index in [0.717, 1.165) is 49.7 Å². The first-order valence-electron chi connectivity index (χ1n) is 6.59. The maximum atomic E-state index is 9.82. The molecule has 0 spiro atoms. The summed E-state index contributed by atoms with van der Waals surface area (Å²) in [4.78, 5) is 2.32. The zero-order valence-electron chi connectivity index (χ0n) is 11.3. The van der Waals surface area contributed by atoms with Crippen molar-refractivity contribution in [3.63, 3.8) is 0 Å². The van der Waals surface area contributed by atoms with Crippen LogP contribution in [0.5, 0.6) is 5.75 Å². The SMILES string of the molecule is COc1ccc(C(O)CN)cc1CN1CCOCC1. The number of aliphatic hydroxyl groups excluding tert-OH is 1. The van der Waals surface area contributed by atoms with Crippen LogP contribution in [0.1, 0.15) is 17.2 Å². The van der Waals surface area contributed by atoms with Crippen LogP contribution >= 0.6 is 0 Å². The Kier molecular flexibility index (Phi) is 5.15. The molecule has 1 unspecified atom stereocenters. The number of methoxy groups -OCH3 is 1. The number of benzene rings is 1. The molecule has 1 saturated heterocycles. The Morgan fingerprint density at radius 2 is 2.16 bits per heavy atom. The minimum Gasteiger partial charge on any atom is -0.496 e. The van der Waals surface area contributed by atoms with Gasteiger partial charge < -0.3 is 20.3 Å². The molecule has 0 aromatic heterocycles. The van der Waals surface area contributed by atoms with Gasteiger partial charge in [0, 0.05) is 31.7 Å². The second kappa shape index (κ2) is 6.86.